The molecule has 0 aliphatic heterocycles. The van der Waals surface area contributed by atoms with E-state index in [1.54, 1.807) is 23.3 Å². The third-order valence-electron chi connectivity index (χ3n) is 4.87. The molecular formula is C20H14F3N7O. The lowest BCUT2D eigenvalue weighted by Gasteiger charge is -2.07. The number of rotatable bonds is 4. The molecule has 0 atom stereocenters. The quantitative estimate of drug-likeness (QED) is 0.412. The molecule has 11 heteroatoms. The van der Waals surface area contributed by atoms with Gasteiger partial charge in [-0.25, -0.2) is 18.2 Å². The van der Waals surface area contributed by atoms with Crippen molar-refractivity contribution < 1.29 is 17.6 Å². The van der Waals surface area contributed by atoms with Crippen LogP contribution in [0.2, 0.25) is 0 Å². The summed E-state index contributed by atoms with van der Waals surface area (Å²) in [5, 5.41) is 15.4. The lowest BCUT2D eigenvalue weighted by molar-refractivity contribution is 0.444. The summed E-state index contributed by atoms with van der Waals surface area (Å²) in [5.74, 6) is -3.98. The molecule has 8 nitrogen and oxygen atoms in total. The summed E-state index contributed by atoms with van der Waals surface area (Å²) in [7, 11) is 1.82. The van der Waals surface area contributed by atoms with Gasteiger partial charge in [0, 0.05) is 53.8 Å². The van der Waals surface area contributed by atoms with Crippen molar-refractivity contribution in [3.63, 3.8) is 0 Å². The Morgan fingerprint density at radius 1 is 1.06 bits per heavy atom. The van der Waals surface area contributed by atoms with Crippen LogP contribution in [0.4, 0.5) is 24.9 Å². The predicted molar refractivity (Wildman–Crippen MR) is 106 cm³/mol. The molecule has 0 fully saturated rings. The van der Waals surface area contributed by atoms with E-state index < -0.39 is 17.5 Å². The Hall–Kier alpha value is -4.15. The maximum absolute atomic E-state index is 13.8. The van der Waals surface area contributed by atoms with E-state index in [2.05, 4.69) is 30.6 Å². The standard InChI is InChI=1S/C20H14F3N7O/c1-9-15(4-14(21)17(23)16(9)22)27-20-29-28-19(31-20)13-7-25-18-12(13)3-10(5-24-18)11-6-26-30(2)8-11/h3-8H,1-2H3,(H,24,25)(H,27,29). The highest BCUT2D eigenvalue weighted by molar-refractivity contribution is 5.93. The number of nitrogens with one attached hydrogen (secondary N) is 2. The fourth-order valence-corrected chi connectivity index (χ4v) is 3.22. The third-order valence-corrected chi connectivity index (χ3v) is 4.87. The molecule has 0 radical (unpaired) electrons. The number of pyridine rings is 1. The highest BCUT2D eigenvalue weighted by atomic mass is 19.2. The van der Waals surface area contributed by atoms with Crippen LogP contribution in [-0.2, 0) is 7.05 Å². The van der Waals surface area contributed by atoms with E-state index in [1.165, 1.54) is 6.92 Å². The molecule has 4 heterocycles. The van der Waals surface area contributed by atoms with E-state index in [0.717, 1.165) is 22.6 Å². The van der Waals surface area contributed by atoms with Gasteiger partial charge in [0.05, 0.1) is 17.4 Å². The van der Waals surface area contributed by atoms with E-state index in [9.17, 15) is 13.2 Å². The summed E-state index contributed by atoms with van der Waals surface area (Å²) in [4.78, 5) is 7.45. The van der Waals surface area contributed by atoms with Crippen LogP contribution >= 0.6 is 0 Å². The van der Waals surface area contributed by atoms with Crippen LogP contribution < -0.4 is 5.32 Å². The molecule has 0 unspecified atom stereocenters. The first-order valence-electron chi connectivity index (χ1n) is 9.12. The molecule has 0 saturated carbocycles. The number of benzene rings is 1. The Labute approximate surface area is 172 Å². The minimum Gasteiger partial charge on any atom is -0.403 e. The zero-order valence-corrected chi connectivity index (χ0v) is 16.2. The topological polar surface area (TPSA) is 97.5 Å². The van der Waals surface area contributed by atoms with Crippen molar-refractivity contribution in [2.45, 2.75) is 6.92 Å². The summed E-state index contributed by atoms with van der Waals surface area (Å²) in [6.45, 7) is 1.31. The average molecular weight is 425 g/mol. The largest absolute Gasteiger partial charge is 0.403 e. The number of hydrogen-bond acceptors (Lipinski definition) is 6. The van der Waals surface area contributed by atoms with Crippen molar-refractivity contribution in [3.8, 4) is 22.6 Å². The maximum Gasteiger partial charge on any atom is 0.320 e. The molecule has 156 valence electrons. The number of H-pyrrole nitrogens is 1. The molecular weight excluding hydrogens is 411 g/mol. The Morgan fingerprint density at radius 2 is 1.90 bits per heavy atom. The number of halogens is 3. The second-order valence-electron chi connectivity index (χ2n) is 6.92. The molecule has 0 amide bonds. The number of nitrogens with zero attached hydrogens (tertiary/aromatic N) is 5. The van der Waals surface area contributed by atoms with Crippen LogP contribution in [-0.4, -0.2) is 29.9 Å². The number of aromatic amines is 1. The second kappa shape index (κ2) is 6.97. The van der Waals surface area contributed by atoms with E-state index in [1.807, 2.05) is 19.3 Å². The molecule has 0 saturated heterocycles. The van der Waals surface area contributed by atoms with Gasteiger partial charge in [0.15, 0.2) is 17.5 Å². The Morgan fingerprint density at radius 3 is 2.68 bits per heavy atom. The number of anilines is 2. The zero-order valence-electron chi connectivity index (χ0n) is 16.2. The highest BCUT2D eigenvalue weighted by Gasteiger charge is 2.19. The summed E-state index contributed by atoms with van der Waals surface area (Å²) >= 11 is 0. The van der Waals surface area contributed by atoms with Gasteiger partial charge in [0.1, 0.15) is 5.65 Å². The molecule has 1 aromatic carbocycles. The van der Waals surface area contributed by atoms with Gasteiger partial charge in [-0.3, -0.25) is 4.68 Å². The molecule has 0 spiro atoms. The van der Waals surface area contributed by atoms with Crippen LogP contribution in [0.25, 0.3) is 33.6 Å². The van der Waals surface area contributed by atoms with Gasteiger partial charge in [0.2, 0.25) is 0 Å². The van der Waals surface area contributed by atoms with Gasteiger partial charge in [-0.15, -0.1) is 5.10 Å². The average Bonchev–Trinajstić information content (AvgIpc) is 3.49. The third kappa shape index (κ3) is 3.19. The molecule has 0 aliphatic rings. The maximum atomic E-state index is 13.8. The van der Waals surface area contributed by atoms with Crippen LogP contribution in [0.15, 0.2) is 41.3 Å². The summed E-state index contributed by atoms with van der Waals surface area (Å²) in [6.07, 6.45) is 6.99. The van der Waals surface area contributed by atoms with Crippen molar-refractivity contribution in [1.82, 2.24) is 29.9 Å². The summed E-state index contributed by atoms with van der Waals surface area (Å²) < 4.78 is 48.0. The van der Waals surface area contributed by atoms with E-state index in [0.29, 0.717) is 11.2 Å². The second-order valence-corrected chi connectivity index (χ2v) is 6.92. The number of hydrogen-bond donors (Lipinski definition) is 2. The fourth-order valence-electron chi connectivity index (χ4n) is 3.22. The van der Waals surface area contributed by atoms with Crippen LogP contribution in [0, 0.1) is 24.4 Å². The number of aryl methyl sites for hydroxylation is 1. The van der Waals surface area contributed by atoms with Crippen LogP contribution in [0.3, 0.4) is 0 Å². The van der Waals surface area contributed by atoms with Crippen molar-refractivity contribution in [3.05, 3.63) is 59.9 Å². The minimum absolute atomic E-state index is 0.0222. The van der Waals surface area contributed by atoms with E-state index >= 15 is 0 Å². The summed E-state index contributed by atoms with van der Waals surface area (Å²) in [6, 6.07) is 2.64. The number of fused-ring (bicyclic) bond motifs is 1. The molecule has 0 aliphatic carbocycles. The smallest absolute Gasteiger partial charge is 0.320 e. The normalized spacial score (nSPS) is 11.4. The van der Waals surface area contributed by atoms with Crippen molar-refractivity contribution in [2.24, 2.45) is 7.05 Å². The predicted octanol–water partition coefficient (Wildman–Crippen LogP) is 4.48. The van der Waals surface area contributed by atoms with Gasteiger partial charge >= 0.3 is 6.01 Å². The van der Waals surface area contributed by atoms with Crippen molar-refractivity contribution in [1.29, 1.82) is 0 Å². The minimum atomic E-state index is -1.54. The molecule has 2 N–H and O–H groups in total. The first kappa shape index (κ1) is 18.9. The first-order chi connectivity index (χ1) is 14.9. The molecule has 5 aromatic rings. The number of aromatic nitrogens is 6. The van der Waals surface area contributed by atoms with Crippen molar-refractivity contribution in [2.75, 3.05) is 5.32 Å². The van der Waals surface area contributed by atoms with Gasteiger partial charge in [-0.1, -0.05) is 5.10 Å². The Kier molecular flexibility index (Phi) is 4.24. The van der Waals surface area contributed by atoms with Gasteiger partial charge < -0.3 is 14.7 Å². The monoisotopic (exact) mass is 425 g/mol. The SMILES string of the molecule is Cc1c(Nc2nnc(-c3c[nH]c4ncc(-c5cnn(C)c5)cc34)o2)cc(F)c(F)c1F. The van der Waals surface area contributed by atoms with E-state index in [4.69, 9.17) is 4.42 Å². The lowest BCUT2D eigenvalue weighted by Crippen LogP contribution is -2.01. The van der Waals surface area contributed by atoms with Crippen LogP contribution in [0.1, 0.15) is 5.56 Å². The molecule has 31 heavy (non-hydrogen) atoms. The first-order valence-corrected chi connectivity index (χ1v) is 9.12. The van der Waals surface area contributed by atoms with Gasteiger partial charge in [-0.2, -0.15) is 5.10 Å². The molecule has 5 rings (SSSR count). The zero-order chi connectivity index (χ0) is 21.7. The van der Waals surface area contributed by atoms with Gasteiger partial charge in [0.25, 0.3) is 5.89 Å². The van der Waals surface area contributed by atoms with E-state index in [-0.39, 0.29) is 23.2 Å². The Bertz CT molecular complexity index is 1440. The van der Waals surface area contributed by atoms with Gasteiger partial charge in [-0.05, 0) is 13.0 Å². The summed E-state index contributed by atoms with van der Waals surface area (Å²) in [5.41, 5.74) is 2.83. The molecule has 0 bridgehead atoms. The Balaban J connectivity index is 1.50. The van der Waals surface area contributed by atoms with Crippen LogP contribution in [0.5, 0.6) is 0 Å². The van der Waals surface area contributed by atoms with Crippen molar-refractivity contribution >= 4 is 22.7 Å². The molecule has 4 aromatic heterocycles. The lowest BCUT2D eigenvalue weighted by atomic mass is 10.1. The highest BCUT2D eigenvalue weighted by Crippen LogP contribution is 2.32. The fraction of sp³-hybridized carbons (Fsp3) is 0.100.